The van der Waals surface area contributed by atoms with Gasteiger partial charge in [-0.3, -0.25) is 9.59 Å². The average molecular weight is 250 g/mol. The van der Waals surface area contributed by atoms with Gasteiger partial charge in [0, 0.05) is 0 Å². The zero-order valence-electron chi connectivity index (χ0n) is 10.6. The SMILES string of the molecule is CC(C)OC(=O)[C@H]1[C@H]2C=C[C@@H]([C@@H]3C[C@H]23)[C@@H]1C(=O)O. The van der Waals surface area contributed by atoms with Crippen molar-refractivity contribution < 1.29 is 19.4 Å². The molecule has 4 aliphatic rings. The third kappa shape index (κ3) is 1.58. The number of aliphatic carboxylic acids is 1. The van der Waals surface area contributed by atoms with Gasteiger partial charge in [-0.1, -0.05) is 12.2 Å². The number of carboxylic acids is 1. The van der Waals surface area contributed by atoms with Gasteiger partial charge in [-0.25, -0.2) is 0 Å². The summed E-state index contributed by atoms with van der Waals surface area (Å²) in [5.41, 5.74) is 0. The second-order valence-corrected chi connectivity index (χ2v) is 5.98. The van der Waals surface area contributed by atoms with E-state index in [0.717, 1.165) is 6.42 Å². The van der Waals surface area contributed by atoms with Crippen LogP contribution in [0.2, 0.25) is 0 Å². The van der Waals surface area contributed by atoms with Crippen molar-refractivity contribution in [3.05, 3.63) is 12.2 Å². The molecule has 98 valence electrons. The lowest BCUT2D eigenvalue weighted by molar-refractivity contribution is -0.167. The molecular formula is C14H18O4. The van der Waals surface area contributed by atoms with Crippen LogP contribution in [0.5, 0.6) is 0 Å². The summed E-state index contributed by atoms with van der Waals surface area (Å²) in [4.78, 5) is 23.6. The number of carboxylic acid groups (broad SMARTS) is 1. The van der Waals surface area contributed by atoms with E-state index in [1.54, 1.807) is 13.8 Å². The number of carbonyl (C=O) groups excluding carboxylic acids is 1. The second-order valence-electron chi connectivity index (χ2n) is 5.98. The maximum Gasteiger partial charge on any atom is 0.310 e. The molecule has 0 unspecified atom stereocenters. The highest BCUT2D eigenvalue weighted by Gasteiger charge is 2.63. The van der Waals surface area contributed by atoms with E-state index in [9.17, 15) is 14.7 Å². The summed E-state index contributed by atoms with van der Waals surface area (Å²) < 4.78 is 5.25. The Kier molecular flexibility index (Phi) is 2.50. The third-order valence-electron chi connectivity index (χ3n) is 4.56. The molecule has 0 aliphatic heterocycles. The first kappa shape index (κ1) is 11.8. The van der Waals surface area contributed by atoms with Crippen molar-refractivity contribution in [1.29, 1.82) is 0 Å². The van der Waals surface area contributed by atoms with Crippen molar-refractivity contribution in [2.24, 2.45) is 35.5 Å². The largest absolute Gasteiger partial charge is 0.481 e. The molecule has 2 fully saturated rings. The van der Waals surface area contributed by atoms with Gasteiger partial charge in [0.05, 0.1) is 17.9 Å². The quantitative estimate of drug-likeness (QED) is 0.611. The summed E-state index contributed by atoms with van der Waals surface area (Å²) >= 11 is 0. The average Bonchev–Trinajstić information content (AvgIpc) is 3.07. The Morgan fingerprint density at radius 1 is 1.17 bits per heavy atom. The maximum atomic E-state index is 12.2. The van der Waals surface area contributed by atoms with Crippen LogP contribution in [0, 0.1) is 35.5 Å². The van der Waals surface area contributed by atoms with Crippen LogP contribution in [0.1, 0.15) is 20.3 Å². The molecule has 0 aromatic carbocycles. The summed E-state index contributed by atoms with van der Waals surface area (Å²) in [6.45, 7) is 3.59. The summed E-state index contributed by atoms with van der Waals surface area (Å²) in [5, 5.41) is 9.41. The summed E-state index contributed by atoms with van der Waals surface area (Å²) in [7, 11) is 0. The first-order valence-electron chi connectivity index (χ1n) is 6.62. The van der Waals surface area contributed by atoms with E-state index in [4.69, 9.17) is 4.74 Å². The van der Waals surface area contributed by atoms with Crippen LogP contribution in [-0.4, -0.2) is 23.1 Å². The van der Waals surface area contributed by atoms with Crippen molar-refractivity contribution in [2.45, 2.75) is 26.4 Å². The van der Waals surface area contributed by atoms with Crippen LogP contribution >= 0.6 is 0 Å². The maximum absolute atomic E-state index is 12.2. The number of hydrogen-bond acceptors (Lipinski definition) is 3. The fourth-order valence-corrected chi connectivity index (χ4v) is 3.85. The number of allylic oxidation sites excluding steroid dienone is 2. The van der Waals surface area contributed by atoms with E-state index in [0.29, 0.717) is 11.8 Å². The Morgan fingerprint density at radius 3 is 2.22 bits per heavy atom. The van der Waals surface area contributed by atoms with Crippen molar-refractivity contribution in [3.63, 3.8) is 0 Å². The minimum atomic E-state index is -0.856. The van der Waals surface area contributed by atoms with E-state index in [-0.39, 0.29) is 23.9 Å². The molecular weight excluding hydrogens is 232 g/mol. The number of fused-ring (bicyclic) bond motifs is 1. The Balaban J connectivity index is 1.89. The minimum absolute atomic E-state index is 0.0298. The van der Waals surface area contributed by atoms with E-state index in [2.05, 4.69) is 0 Å². The highest BCUT2D eigenvalue weighted by molar-refractivity contribution is 5.83. The van der Waals surface area contributed by atoms with Crippen molar-refractivity contribution in [1.82, 2.24) is 0 Å². The fraction of sp³-hybridized carbons (Fsp3) is 0.714. The second kappa shape index (κ2) is 3.84. The zero-order valence-corrected chi connectivity index (χ0v) is 10.6. The van der Waals surface area contributed by atoms with Crippen molar-refractivity contribution >= 4 is 11.9 Å². The van der Waals surface area contributed by atoms with Crippen LogP contribution in [0.15, 0.2) is 12.2 Å². The van der Waals surface area contributed by atoms with E-state index >= 15 is 0 Å². The molecule has 6 atom stereocenters. The highest BCUT2D eigenvalue weighted by Crippen LogP contribution is 2.63. The predicted octanol–water partition coefficient (Wildman–Crippen LogP) is 1.71. The summed E-state index contributed by atoms with van der Waals surface area (Å²) in [6, 6.07) is 0. The fourth-order valence-electron chi connectivity index (χ4n) is 3.85. The molecule has 0 radical (unpaired) electrons. The number of carbonyl (C=O) groups is 2. The summed E-state index contributed by atoms with van der Waals surface area (Å²) in [6.07, 6.45) is 4.94. The zero-order chi connectivity index (χ0) is 13.0. The molecule has 2 bridgehead atoms. The molecule has 18 heavy (non-hydrogen) atoms. The van der Waals surface area contributed by atoms with Gasteiger partial charge in [0.1, 0.15) is 0 Å². The first-order chi connectivity index (χ1) is 8.50. The number of esters is 1. The Morgan fingerprint density at radius 2 is 1.72 bits per heavy atom. The lowest BCUT2D eigenvalue weighted by atomic mass is 9.62. The normalized spacial score (nSPS) is 43.7. The van der Waals surface area contributed by atoms with Gasteiger partial charge in [0.25, 0.3) is 0 Å². The van der Waals surface area contributed by atoms with E-state index < -0.39 is 17.8 Å². The summed E-state index contributed by atoms with van der Waals surface area (Å²) in [5.74, 6) is -1.15. The highest BCUT2D eigenvalue weighted by atomic mass is 16.5. The van der Waals surface area contributed by atoms with Crippen LogP contribution in [-0.2, 0) is 14.3 Å². The topological polar surface area (TPSA) is 63.6 Å². The molecule has 4 nitrogen and oxygen atoms in total. The molecule has 0 aromatic rings. The molecule has 1 N–H and O–H groups in total. The predicted molar refractivity (Wildman–Crippen MR) is 63.6 cm³/mol. The Hall–Kier alpha value is -1.32. The molecule has 0 aromatic heterocycles. The molecule has 4 aliphatic carbocycles. The molecule has 0 spiro atoms. The number of ether oxygens (including phenoxy) is 1. The van der Waals surface area contributed by atoms with Gasteiger partial charge >= 0.3 is 11.9 Å². The van der Waals surface area contributed by atoms with Crippen LogP contribution in [0.25, 0.3) is 0 Å². The molecule has 4 rings (SSSR count). The lowest BCUT2D eigenvalue weighted by Crippen LogP contribution is -2.47. The molecule has 0 amide bonds. The number of rotatable bonds is 3. The van der Waals surface area contributed by atoms with Gasteiger partial charge < -0.3 is 9.84 Å². The van der Waals surface area contributed by atoms with Crippen LogP contribution in [0.4, 0.5) is 0 Å². The Bertz CT molecular complexity index is 426. The van der Waals surface area contributed by atoms with Gasteiger partial charge in [-0.15, -0.1) is 0 Å². The number of hydrogen-bond donors (Lipinski definition) is 1. The third-order valence-corrected chi connectivity index (χ3v) is 4.56. The van der Waals surface area contributed by atoms with Gasteiger partial charge in [-0.2, -0.15) is 0 Å². The molecule has 4 heteroatoms. The van der Waals surface area contributed by atoms with E-state index in [1.807, 2.05) is 12.2 Å². The first-order valence-corrected chi connectivity index (χ1v) is 6.62. The minimum Gasteiger partial charge on any atom is -0.481 e. The van der Waals surface area contributed by atoms with Crippen molar-refractivity contribution in [3.8, 4) is 0 Å². The smallest absolute Gasteiger partial charge is 0.310 e. The van der Waals surface area contributed by atoms with Crippen molar-refractivity contribution in [2.75, 3.05) is 0 Å². The van der Waals surface area contributed by atoms with Crippen LogP contribution in [0.3, 0.4) is 0 Å². The standard InChI is InChI=1S/C14H18O4/c1-6(2)18-14(17)12-8-4-3-7(9-5-10(8)9)11(12)13(15)16/h3-4,6-12H,5H2,1-2H3,(H,15,16)/t7-,8-,9-,10+,11-,12-/m0/s1. The van der Waals surface area contributed by atoms with E-state index in [1.165, 1.54) is 0 Å². The van der Waals surface area contributed by atoms with Crippen LogP contribution < -0.4 is 0 Å². The lowest BCUT2D eigenvalue weighted by Gasteiger charge is -2.41. The van der Waals surface area contributed by atoms with Gasteiger partial charge in [0.2, 0.25) is 0 Å². The van der Waals surface area contributed by atoms with Gasteiger partial charge in [0.15, 0.2) is 0 Å². The molecule has 0 heterocycles. The molecule has 2 saturated carbocycles. The molecule has 0 saturated heterocycles. The Labute approximate surface area is 106 Å². The monoisotopic (exact) mass is 250 g/mol. The van der Waals surface area contributed by atoms with Gasteiger partial charge in [-0.05, 0) is 43.9 Å².